The lowest BCUT2D eigenvalue weighted by Gasteiger charge is -2.22. The number of carbonyl (C=O) groups is 2. The van der Waals surface area contributed by atoms with E-state index in [1.807, 2.05) is 59.7 Å². The number of hydrogen-bond donors (Lipinski definition) is 1. The second kappa shape index (κ2) is 10.8. The summed E-state index contributed by atoms with van der Waals surface area (Å²) in [6.07, 6.45) is -4.03. The monoisotopic (exact) mass is 514 g/mol. The summed E-state index contributed by atoms with van der Waals surface area (Å²) in [7, 11) is 0. The summed E-state index contributed by atoms with van der Waals surface area (Å²) in [5, 5.41) is 7.62. The lowest BCUT2D eigenvalue weighted by molar-refractivity contribution is -0.137. The molecule has 198 valence electrons. The van der Waals surface area contributed by atoms with E-state index in [0.717, 1.165) is 34.6 Å². The first-order valence-electron chi connectivity index (χ1n) is 12.2. The van der Waals surface area contributed by atoms with Crippen molar-refractivity contribution >= 4 is 17.6 Å². The van der Waals surface area contributed by atoms with Gasteiger partial charge in [-0.05, 0) is 55.7 Å². The maximum atomic E-state index is 13.2. The fourth-order valence-corrected chi connectivity index (χ4v) is 3.87. The Balaban J connectivity index is 1.90. The number of aromatic nitrogens is 2. The number of aryl methyl sites for hydroxylation is 1. The number of anilines is 1. The van der Waals surface area contributed by atoms with Crippen LogP contribution in [-0.4, -0.2) is 39.6 Å². The van der Waals surface area contributed by atoms with E-state index >= 15 is 0 Å². The van der Waals surface area contributed by atoms with Gasteiger partial charge in [0, 0.05) is 23.6 Å². The van der Waals surface area contributed by atoms with E-state index in [9.17, 15) is 22.8 Å². The molecule has 0 spiro atoms. The molecule has 2 amide bonds. The molecule has 1 N–H and O–H groups in total. The van der Waals surface area contributed by atoms with Crippen LogP contribution in [0.5, 0.6) is 0 Å². The Bertz CT molecular complexity index is 1290. The van der Waals surface area contributed by atoms with Crippen molar-refractivity contribution in [1.29, 1.82) is 0 Å². The van der Waals surface area contributed by atoms with Gasteiger partial charge >= 0.3 is 6.18 Å². The molecule has 1 heterocycles. The van der Waals surface area contributed by atoms with Gasteiger partial charge in [-0.3, -0.25) is 9.59 Å². The zero-order valence-corrected chi connectivity index (χ0v) is 22.0. The van der Waals surface area contributed by atoms with Crippen molar-refractivity contribution in [2.45, 2.75) is 59.6 Å². The Kier molecular flexibility index (Phi) is 8.15. The van der Waals surface area contributed by atoms with Crippen molar-refractivity contribution in [3.05, 3.63) is 76.5 Å². The van der Waals surface area contributed by atoms with Gasteiger partial charge in [-0.2, -0.15) is 18.3 Å². The molecular weight excluding hydrogens is 481 g/mol. The van der Waals surface area contributed by atoms with E-state index in [2.05, 4.69) is 5.32 Å². The average Bonchev–Trinajstić information content (AvgIpc) is 3.23. The smallest absolute Gasteiger partial charge is 0.329 e. The highest BCUT2D eigenvalue weighted by Crippen LogP contribution is 2.30. The van der Waals surface area contributed by atoms with Crippen molar-refractivity contribution in [1.82, 2.24) is 14.7 Å². The summed E-state index contributed by atoms with van der Waals surface area (Å²) in [4.78, 5) is 27.5. The van der Waals surface area contributed by atoms with Crippen LogP contribution in [0.3, 0.4) is 0 Å². The van der Waals surface area contributed by atoms with Crippen molar-refractivity contribution in [2.75, 3.05) is 18.4 Å². The van der Waals surface area contributed by atoms with E-state index in [4.69, 9.17) is 5.10 Å². The van der Waals surface area contributed by atoms with Gasteiger partial charge in [0.15, 0.2) is 0 Å². The van der Waals surface area contributed by atoms with Crippen molar-refractivity contribution in [2.24, 2.45) is 0 Å². The van der Waals surface area contributed by atoms with Crippen LogP contribution in [0.15, 0.2) is 48.5 Å². The minimum atomic E-state index is -4.57. The zero-order chi connectivity index (χ0) is 27.5. The van der Waals surface area contributed by atoms with Crippen LogP contribution in [0.1, 0.15) is 66.9 Å². The van der Waals surface area contributed by atoms with Gasteiger partial charge in [-0.1, -0.05) is 45.9 Å². The molecule has 0 bridgehead atoms. The minimum Gasteiger partial charge on any atom is -0.329 e. The third kappa shape index (κ3) is 6.58. The Hall–Kier alpha value is -3.62. The molecule has 9 heteroatoms. The predicted molar refractivity (Wildman–Crippen MR) is 138 cm³/mol. The molecule has 0 aliphatic carbocycles. The summed E-state index contributed by atoms with van der Waals surface area (Å²) in [6, 6.07) is 11.9. The lowest BCUT2D eigenvalue weighted by atomic mass is 9.92. The molecule has 0 unspecified atom stereocenters. The Morgan fingerprint density at radius 1 is 1.03 bits per heavy atom. The molecule has 0 radical (unpaired) electrons. The third-order valence-corrected chi connectivity index (χ3v) is 6.10. The summed E-state index contributed by atoms with van der Waals surface area (Å²) < 4.78 is 41.1. The Labute approximate surface area is 215 Å². The van der Waals surface area contributed by atoms with Gasteiger partial charge in [0.2, 0.25) is 5.91 Å². The van der Waals surface area contributed by atoms with E-state index < -0.39 is 23.6 Å². The van der Waals surface area contributed by atoms with E-state index in [1.54, 1.807) is 10.7 Å². The average molecular weight is 515 g/mol. The quantitative estimate of drug-likeness (QED) is 0.403. The molecule has 0 saturated carbocycles. The van der Waals surface area contributed by atoms with Gasteiger partial charge in [0.05, 0.1) is 16.9 Å². The minimum absolute atomic E-state index is 0.119. The topological polar surface area (TPSA) is 67.2 Å². The maximum absolute atomic E-state index is 13.2. The molecule has 3 aromatic rings. The summed E-state index contributed by atoms with van der Waals surface area (Å²) >= 11 is 0. The van der Waals surface area contributed by atoms with Crippen LogP contribution < -0.4 is 5.32 Å². The second-order valence-electron chi connectivity index (χ2n) is 10.1. The molecular formula is C28H33F3N4O2. The van der Waals surface area contributed by atoms with Crippen LogP contribution in [0.25, 0.3) is 5.69 Å². The zero-order valence-electron chi connectivity index (χ0n) is 22.0. The molecule has 6 nitrogen and oxygen atoms in total. The van der Waals surface area contributed by atoms with Crippen LogP contribution >= 0.6 is 0 Å². The van der Waals surface area contributed by atoms with Crippen LogP contribution in [0.4, 0.5) is 19.0 Å². The van der Waals surface area contributed by atoms with Gasteiger partial charge in [0.1, 0.15) is 12.4 Å². The van der Waals surface area contributed by atoms with Crippen LogP contribution in [-0.2, 0) is 16.4 Å². The number of alkyl halides is 3. The van der Waals surface area contributed by atoms with Gasteiger partial charge in [0.25, 0.3) is 5.91 Å². The van der Waals surface area contributed by atoms with Crippen molar-refractivity contribution in [3.8, 4) is 5.69 Å². The van der Waals surface area contributed by atoms with Crippen molar-refractivity contribution in [3.63, 3.8) is 0 Å². The number of benzene rings is 2. The summed E-state index contributed by atoms with van der Waals surface area (Å²) in [6.45, 7) is 11.8. The largest absolute Gasteiger partial charge is 0.416 e. The van der Waals surface area contributed by atoms with Crippen molar-refractivity contribution < 1.29 is 22.8 Å². The number of carbonyl (C=O) groups excluding carboxylic acids is 2. The van der Waals surface area contributed by atoms with Crippen LogP contribution in [0.2, 0.25) is 0 Å². The maximum Gasteiger partial charge on any atom is 0.416 e. The molecule has 0 saturated heterocycles. The molecule has 0 aliphatic rings. The molecule has 1 aromatic heterocycles. The first kappa shape index (κ1) is 28.0. The number of rotatable bonds is 7. The van der Waals surface area contributed by atoms with Gasteiger partial charge in [-0.15, -0.1) is 0 Å². The number of amides is 2. The molecule has 2 aromatic carbocycles. The highest BCUT2D eigenvalue weighted by molar-refractivity contribution is 5.99. The van der Waals surface area contributed by atoms with Gasteiger partial charge in [-0.25, -0.2) is 4.68 Å². The number of nitrogens with zero attached hydrogens (tertiary/aromatic N) is 3. The van der Waals surface area contributed by atoms with Crippen LogP contribution in [0, 0.1) is 13.8 Å². The molecule has 0 atom stereocenters. The summed E-state index contributed by atoms with van der Waals surface area (Å²) in [5.74, 6) is -0.659. The third-order valence-electron chi connectivity index (χ3n) is 6.10. The first-order valence-corrected chi connectivity index (χ1v) is 12.2. The highest BCUT2D eigenvalue weighted by atomic mass is 19.4. The first-order chi connectivity index (χ1) is 17.2. The molecule has 0 fully saturated rings. The van der Waals surface area contributed by atoms with E-state index in [0.29, 0.717) is 12.2 Å². The highest BCUT2D eigenvalue weighted by Gasteiger charge is 2.31. The summed E-state index contributed by atoms with van der Waals surface area (Å²) in [5.41, 5.74) is 2.36. The fraction of sp³-hybridized carbons (Fsp3) is 0.393. The normalized spacial score (nSPS) is 11.9. The molecule has 0 aliphatic heterocycles. The Morgan fingerprint density at radius 3 is 2.32 bits per heavy atom. The number of nitrogens with one attached hydrogen (secondary N) is 1. The lowest BCUT2D eigenvalue weighted by Crippen LogP contribution is -2.38. The number of halogens is 3. The predicted octanol–water partition coefficient (Wildman–Crippen LogP) is 6.30. The second-order valence-corrected chi connectivity index (χ2v) is 10.1. The van der Waals surface area contributed by atoms with E-state index in [1.165, 1.54) is 17.0 Å². The van der Waals surface area contributed by atoms with Gasteiger partial charge < -0.3 is 10.2 Å². The molecule has 37 heavy (non-hydrogen) atoms. The SMILES string of the molecule is CCCN(CC(=O)Nc1cc(C(C)(C)C)nn1-c1cccc(C)c1C)C(=O)c1cccc(C(F)(F)F)c1. The molecule has 3 rings (SSSR count). The Morgan fingerprint density at radius 2 is 1.70 bits per heavy atom. The standard InChI is InChI=1S/C28H33F3N4O2/c1-7-14-34(26(37)20-11-9-12-21(15-20)28(29,30)31)17-25(36)32-24-16-23(27(4,5)6)33-35(24)22-13-8-10-18(2)19(22)3/h8-13,15-16H,7,14,17H2,1-6H3,(H,32,36). The fourth-order valence-electron chi connectivity index (χ4n) is 3.87. The number of hydrogen-bond acceptors (Lipinski definition) is 3. The van der Waals surface area contributed by atoms with E-state index in [-0.39, 0.29) is 24.1 Å².